The first kappa shape index (κ1) is 22.2. The van der Waals surface area contributed by atoms with Crippen molar-refractivity contribution in [2.24, 2.45) is 4.99 Å². The van der Waals surface area contributed by atoms with Crippen LogP contribution in [-0.2, 0) is 11.3 Å². The van der Waals surface area contributed by atoms with E-state index in [0.29, 0.717) is 18.2 Å². The summed E-state index contributed by atoms with van der Waals surface area (Å²) in [6, 6.07) is 9.93. The lowest BCUT2D eigenvalue weighted by Crippen LogP contribution is -2.41. The Hall–Kier alpha value is -1.81. The van der Waals surface area contributed by atoms with Gasteiger partial charge in [-0.05, 0) is 42.5 Å². The maximum Gasteiger partial charge on any atom is 0.243 e. The van der Waals surface area contributed by atoms with Crippen molar-refractivity contribution in [3.05, 3.63) is 53.9 Å². The predicted octanol–water partition coefficient (Wildman–Crippen LogP) is 3.03. The Morgan fingerprint density at radius 3 is 2.73 bits per heavy atom. The van der Waals surface area contributed by atoms with Gasteiger partial charge in [-0.25, -0.2) is 0 Å². The number of carbonyl (C=O) groups excluding carboxylic acids is 1. The van der Waals surface area contributed by atoms with E-state index in [9.17, 15) is 4.79 Å². The van der Waals surface area contributed by atoms with Gasteiger partial charge in [-0.15, -0.1) is 35.7 Å². The molecule has 2 aromatic rings. The predicted molar refractivity (Wildman–Crippen MR) is 119 cm³/mol. The number of nitrogens with zero attached hydrogens (tertiary/aromatic N) is 2. The minimum Gasteiger partial charge on any atom is -0.352 e. The molecule has 3 N–H and O–H groups in total. The number of hydrogen-bond donors (Lipinski definition) is 3. The van der Waals surface area contributed by atoms with Crippen LogP contribution in [0.1, 0.15) is 11.1 Å². The van der Waals surface area contributed by atoms with Crippen LogP contribution in [0.2, 0.25) is 0 Å². The highest BCUT2D eigenvalue weighted by atomic mass is 127. The summed E-state index contributed by atoms with van der Waals surface area (Å²) in [5.41, 5.74) is 3.10. The fourth-order valence-electron chi connectivity index (χ4n) is 2.20. The average molecular weight is 485 g/mol. The monoisotopic (exact) mass is 485 g/mol. The SMILES string of the molecule is CN=C(NCC(=O)Nc1cccnc1)NCc1ccc(C)cc1SC.I. The topological polar surface area (TPSA) is 78.4 Å². The third kappa shape index (κ3) is 7.20. The molecule has 140 valence electrons. The molecule has 0 atom stereocenters. The lowest BCUT2D eigenvalue weighted by Gasteiger charge is -2.14. The molecule has 1 heterocycles. The summed E-state index contributed by atoms with van der Waals surface area (Å²) in [5.74, 6) is 0.421. The average Bonchev–Trinajstić information content (AvgIpc) is 2.63. The molecule has 6 nitrogen and oxygen atoms in total. The zero-order chi connectivity index (χ0) is 18.1. The Morgan fingerprint density at radius 2 is 2.08 bits per heavy atom. The van der Waals surface area contributed by atoms with Gasteiger partial charge in [-0.1, -0.05) is 12.1 Å². The minimum atomic E-state index is -0.156. The Kier molecular flexibility index (Phi) is 10.0. The molecule has 0 saturated carbocycles. The third-order valence-corrected chi connectivity index (χ3v) is 4.29. The van der Waals surface area contributed by atoms with Crippen molar-refractivity contribution >= 4 is 53.3 Å². The van der Waals surface area contributed by atoms with Crippen LogP contribution in [0.5, 0.6) is 0 Å². The van der Waals surface area contributed by atoms with E-state index in [-0.39, 0.29) is 36.4 Å². The second kappa shape index (κ2) is 11.7. The Bertz CT molecular complexity index is 740. The number of anilines is 1. The number of guanidine groups is 1. The normalized spacial score (nSPS) is 10.7. The summed E-state index contributed by atoms with van der Waals surface area (Å²) in [5, 5.41) is 9.01. The molecule has 1 aromatic carbocycles. The van der Waals surface area contributed by atoms with E-state index in [4.69, 9.17) is 0 Å². The third-order valence-electron chi connectivity index (χ3n) is 3.47. The number of carbonyl (C=O) groups is 1. The summed E-state index contributed by atoms with van der Waals surface area (Å²) < 4.78 is 0. The molecular formula is C18H24IN5OS. The Balaban J connectivity index is 0.00000338. The fraction of sp³-hybridized carbons (Fsp3) is 0.278. The number of nitrogens with one attached hydrogen (secondary N) is 3. The fourth-order valence-corrected chi connectivity index (χ4v) is 2.91. The molecule has 0 aliphatic rings. The largest absolute Gasteiger partial charge is 0.352 e. The molecule has 0 spiro atoms. The van der Waals surface area contributed by atoms with Crippen LogP contribution in [0.25, 0.3) is 0 Å². The standard InChI is InChI=1S/C18H23N5OS.HI/c1-13-6-7-14(16(9-13)25-3)10-21-18(19-2)22-12-17(24)23-15-5-4-8-20-11-15;/h4-9,11H,10,12H2,1-3H3,(H,23,24)(H2,19,21,22);1H. The van der Waals surface area contributed by atoms with Gasteiger partial charge in [0.2, 0.25) is 5.91 Å². The molecule has 0 radical (unpaired) electrons. The van der Waals surface area contributed by atoms with Gasteiger partial charge in [0.15, 0.2) is 5.96 Å². The second-order valence-corrected chi connectivity index (χ2v) is 6.23. The number of pyridine rings is 1. The van der Waals surface area contributed by atoms with E-state index >= 15 is 0 Å². The lowest BCUT2D eigenvalue weighted by atomic mass is 10.1. The number of aliphatic imine (C=N–C) groups is 1. The van der Waals surface area contributed by atoms with E-state index in [1.165, 1.54) is 16.0 Å². The highest BCUT2D eigenvalue weighted by Crippen LogP contribution is 2.21. The molecule has 1 amide bonds. The van der Waals surface area contributed by atoms with Gasteiger partial charge < -0.3 is 16.0 Å². The summed E-state index contributed by atoms with van der Waals surface area (Å²) in [4.78, 5) is 21.3. The molecule has 2 rings (SSSR count). The van der Waals surface area contributed by atoms with Crippen molar-refractivity contribution in [1.29, 1.82) is 0 Å². The van der Waals surface area contributed by atoms with Gasteiger partial charge in [-0.3, -0.25) is 14.8 Å². The number of rotatable bonds is 6. The molecule has 0 saturated heterocycles. The molecule has 1 aromatic heterocycles. The van der Waals surface area contributed by atoms with E-state index in [0.717, 1.165) is 0 Å². The van der Waals surface area contributed by atoms with Crippen molar-refractivity contribution in [2.45, 2.75) is 18.4 Å². The van der Waals surface area contributed by atoms with E-state index in [1.54, 1.807) is 43.3 Å². The number of hydrogen-bond acceptors (Lipinski definition) is 4. The van der Waals surface area contributed by atoms with Crippen molar-refractivity contribution in [3.63, 3.8) is 0 Å². The lowest BCUT2D eigenvalue weighted by molar-refractivity contribution is -0.115. The molecular weight excluding hydrogens is 461 g/mol. The van der Waals surface area contributed by atoms with Crippen LogP contribution in [0.4, 0.5) is 5.69 Å². The van der Waals surface area contributed by atoms with Crippen molar-refractivity contribution in [1.82, 2.24) is 15.6 Å². The molecule has 0 bridgehead atoms. The number of aryl methyl sites for hydroxylation is 1. The second-order valence-electron chi connectivity index (χ2n) is 5.38. The molecule has 0 unspecified atom stereocenters. The van der Waals surface area contributed by atoms with E-state index < -0.39 is 0 Å². The summed E-state index contributed by atoms with van der Waals surface area (Å²) in [7, 11) is 1.68. The van der Waals surface area contributed by atoms with Gasteiger partial charge >= 0.3 is 0 Å². The van der Waals surface area contributed by atoms with E-state index in [2.05, 4.69) is 57.3 Å². The number of amides is 1. The molecule has 8 heteroatoms. The minimum absolute atomic E-state index is 0. The van der Waals surface area contributed by atoms with Gasteiger partial charge in [0.1, 0.15) is 0 Å². The quantitative estimate of drug-likeness (QED) is 0.254. The van der Waals surface area contributed by atoms with Gasteiger partial charge in [0, 0.05) is 24.7 Å². The number of aromatic nitrogens is 1. The van der Waals surface area contributed by atoms with Crippen LogP contribution in [-0.4, -0.2) is 36.7 Å². The van der Waals surface area contributed by atoms with Gasteiger partial charge in [0.05, 0.1) is 18.4 Å². The van der Waals surface area contributed by atoms with E-state index in [1.807, 2.05) is 0 Å². The number of halogens is 1. The highest BCUT2D eigenvalue weighted by molar-refractivity contribution is 14.0. The zero-order valence-corrected chi connectivity index (χ0v) is 18.2. The first-order valence-electron chi connectivity index (χ1n) is 7.90. The molecule has 26 heavy (non-hydrogen) atoms. The van der Waals surface area contributed by atoms with Crippen LogP contribution in [0.15, 0.2) is 52.6 Å². The van der Waals surface area contributed by atoms with Crippen LogP contribution in [0, 0.1) is 6.92 Å². The van der Waals surface area contributed by atoms with Gasteiger partial charge in [0.25, 0.3) is 0 Å². The Morgan fingerprint density at radius 1 is 1.27 bits per heavy atom. The van der Waals surface area contributed by atoms with Crippen LogP contribution >= 0.6 is 35.7 Å². The molecule has 0 fully saturated rings. The Labute approximate surface area is 175 Å². The molecule has 0 aliphatic heterocycles. The number of thioether (sulfide) groups is 1. The first-order valence-corrected chi connectivity index (χ1v) is 9.12. The number of benzene rings is 1. The molecule has 0 aliphatic carbocycles. The first-order chi connectivity index (χ1) is 12.1. The van der Waals surface area contributed by atoms with Crippen LogP contribution < -0.4 is 16.0 Å². The van der Waals surface area contributed by atoms with Crippen molar-refractivity contribution in [2.75, 3.05) is 25.2 Å². The summed E-state index contributed by atoms with van der Waals surface area (Å²) >= 11 is 1.72. The summed E-state index contributed by atoms with van der Waals surface area (Å²) in [6.07, 6.45) is 5.33. The van der Waals surface area contributed by atoms with Crippen LogP contribution in [0.3, 0.4) is 0 Å². The maximum absolute atomic E-state index is 12.0. The maximum atomic E-state index is 12.0. The van der Waals surface area contributed by atoms with Crippen molar-refractivity contribution < 1.29 is 4.79 Å². The summed E-state index contributed by atoms with van der Waals surface area (Å²) in [6.45, 7) is 2.84. The highest BCUT2D eigenvalue weighted by Gasteiger charge is 2.06. The van der Waals surface area contributed by atoms with Gasteiger partial charge in [-0.2, -0.15) is 0 Å². The van der Waals surface area contributed by atoms with Crippen molar-refractivity contribution in [3.8, 4) is 0 Å². The smallest absolute Gasteiger partial charge is 0.243 e. The zero-order valence-electron chi connectivity index (χ0n) is 15.1.